The number of ether oxygens (including phenoxy) is 1. The van der Waals surface area contributed by atoms with Crippen LogP contribution in [0.4, 0.5) is 5.95 Å². The number of nitrogens with zero attached hydrogens (tertiary/aromatic N) is 2. The molecule has 1 heterocycles. The molecule has 0 radical (unpaired) electrons. The van der Waals surface area contributed by atoms with Crippen LogP contribution >= 0.6 is 0 Å². The highest BCUT2D eigenvalue weighted by Gasteiger charge is 2.11. The summed E-state index contributed by atoms with van der Waals surface area (Å²) in [6.45, 7) is 4.24. The monoisotopic (exact) mass is 209 g/mol. The SMILES string of the molecule is CCCCc1nc(N)nc(OC)c1CC. The number of methoxy groups -OCH3 is 1. The van der Waals surface area contributed by atoms with E-state index in [-0.39, 0.29) is 0 Å². The van der Waals surface area contributed by atoms with Crippen molar-refractivity contribution in [2.75, 3.05) is 12.8 Å². The van der Waals surface area contributed by atoms with Gasteiger partial charge in [-0.25, -0.2) is 4.98 Å². The first-order valence-electron chi connectivity index (χ1n) is 5.42. The summed E-state index contributed by atoms with van der Waals surface area (Å²) in [4.78, 5) is 8.35. The van der Waals surface area contributed by atoms with Gasteiger partial charge in [0.05, 0.1) is 12.8 Å². The molecule has 4 heteroatoms. The summed E-state index contributed by atoms with van der Waals surface area (Å²) in [6, 6.07) is 0. The van der Waals surface area contributed by atoms with Gasteiger partial charge in [0.1, 0.15) is 0 Å². The van der Waals surface area contributed by atoms with Crippen molar-refractivity contribution in [2.45, 2.75) is 39.5 Å². The topological polar surface area (TPSA) is 61.0 Å². The summed E-state index contributed by atoms with van der Waals surface area (Å²) in [5.74, 6) is 0.922. The summed E-state index contributed by atoms with van der Waals surface area (Å²) in [5.41, 5.74) is 7.74. The van der Waals surface area contributed by atoms with Crippen molar-refractivity contribution in [3.05, 3.63) is 11.3 Å². The zero-order valence-corrected chi connectivity index (χ0v) is 9.71. The Labute approximate surface area is 90.9 Å². The number of nitrogens with two attached hydrogens (primary N) is 1. The van der Waals surface area contributed by atoms with Gasteiger partial charge in [-0.3, -0.25) is 0 Å². The predicted octanol–water partition coefficient (Wildman–Crippen LogP) is 1.97. The smallest absolute Gasteiger partial charge is 0.223 e. The third kappa shape index (κ3) is 2.81. The summed E-state index contributed by atoms with van der Waals surface area (Å²) in [7, 11) is 1.62. The highest BCUT2D eigenvalue weighted by molar-refractivity contribution is 5.36. The number of hydrogen-bond donors (Lipinski definition) is 1. The second-order valence-electron chi connectivity index (χ2n) is 3.47. The van der Waals surface area contributed by atoms with Crippen LogP contribution in [0.2, 0.25) is 0 Å². The lowest BCUT2D eigenvalue weighted by Gasteiger charge is -2.11. The zero-order chi connectivity index (χ0) is 11.3. The third-order valence-corrected chi connectivity index (χ3v) is 2.39. The molecule has 0 fully saturated rings. The number of hydrogen-bond acceptors (Lipinski definition) is 4. The molecule has 1 aromatic rings. The van der Waals surface area contributed by atoms with Crippen LogP contribution in [0.3, 0.4) is 0 Å². The average molecular weight is 209 g/mol. The van der Waals surface area contributed by atoms with Gasteiger partial charge in [-0.2, -0.15) is 4.98 Å². The van der Waals surface area contributed by atoms with Crippen molar-refractivity contribution in [2.24, 2.45) is 0 Å². The number of unbranched alkanes of at least 4 members (excludes halogenated alkanes) is 1. The molecule has 0 saturated carbocycles. The second kappa shape index (κ2) is 5.53. The molecule has 0 bridgehead atoms. The van der Waals surface area contributed by atoms with Crippen molar-refractivity contribution in [1.82, 2.24) is 9.97 Å². The van der Waals surface area contributed by atoms with Gasteiger partial charge in [0.25, 0.3) is 0 Å². The molecule has 15 heavy (non-hydrogen) atoms. The lowest BCUT2D eigenvalue weighted by molar-refractivity contribution is 0.391. The zero-order valence-electron chi connectivity index (χ0n) is 9.71. The summed E-state index contributed by atoms with van der Waals surface area (Å²) in [6.07, 6.45) is 4.09. The van der Waals surface area contributed by atoms with E-state index in [0.29, 0.717) is 11.8 Å². The Balaban J connectivity index is 3.05. The van der Waals surface area contributed by atoms with Gasteiger partial charge < -0.3 is 10.5 Å². The van der Waals surface area contributed by atoms with E-state index in [9.17, 15) is 0 Å². The van der Waals surface area contributed by atoms with Gasteiger partial charge in [0.15, 0.2) is 0 Å². The Morgan fingerprint density at radius 1 is 1.27 bits per heavy atom. The molecule has 2 N–H and O–H groups in total. The Morgan fingerprint density at radius 2 is 2.00 bits per heavy atom. The van der Waals surface area contributed by atoms with Gasteiger partial charge in [-0.15, -0.1) is 0 Å². The van der Waals surface area contributed by atoms with E-state index >= 15 is 0 Å². The number of nitrogen functional groups attached to an aromatic ring is 1. The lowest BCUT2D eigenvalue weighted by Crippen LogP contribution is -2.07. The molecule has 1 aromatic heterocycles. The van der Waals surface area contributed by atoms with Crippen LogP contribution in [0.15, 0.2) is 0 Å². The molecule has 1 rings (SSSR count). The van der Waals surface area contributed by atoms with Crippen LogP contribution < -0.4 is 10.5 Å². The van der Waals surface area contributed by atoms with Crippen LogP contribution in [0, 0.1) is 0 Å². The Kier molecular flexibility index (Phi) is 4.34. The number of aryl methyl sites for hydroxylation is 1. The standard InChI is InChI=1S/C11H19N3O/c1-4-6-7-9-8(5-2)10(15-3)14-11(12)13-9/h4-7H2,1-3H3,(H2,12,13,14). The van der Waals surface area contributed by atoms with Crippen LogP contribution in [0.5, 0.6) is 5.88 Å². The summed E-state index contributed by atoms with van der Waals surface area (Å²) < 4.78 is 5.21. The molecule has 0 saturated heterocycles. The fourth-order valence-electron chi connectivity index (χ4n) is 1.60. The van der Waals surface area contributed by atoms with Crippen LogP contribution in [-0.4, -0.2) is 17.1 Å². The molecular weight excluding hydrogens is 190 g/mol. The fraction of sp³-hybridized carbons (Fsp3) is 0.636. The minimum absolute atomic E-state index is 0.301. The highest BCUT2D eigenvalue weighted by Crippen LogP contribution is 2.21. The van der Waals surface area contributed by atoms with Crippen molar-refractivity contribution in [1.29, 1.82) is 0 Å². The number of aromatic nitrogens is 2. The third-order valence-electron chi connectivity index (χ3n) is 2.39. The van der Waals surface area contributed by atoms with Crippen LogP contribution in [-0.2, 0) is 12.8 Å². The molecule has 0 atom stereocenters. The average Bonchev–Trinajstić information content (AvgIpc) is 2.25. The lowest BCUT2D eigenvalue weighted by atomic mass is 10.1. The van der Waals surface area contributed by atoms with Gasteiger partial charge >= 0.3 is 0 Å². The number of anilines is 1. The quantitative estimate of drug-likeness (QED) is 0.805. The van der Waals surface area contributed by atoms with E-state index in [1.165, 1.54) is 0 Å². The normalized spacial score (nSPS) is 10.3. The Hall–Kier alpha value is -1.32. The van der Waals surface area contributed by atoms with Gasteiger partial charge in [0, 0.05) is 5.56 Å². The van der Waals surface area contributed by atoms with Gasteiger partial charge in [0.2, 0.25) is 11.8 Å². The van der Waals surface area contributed by atoms with Crippen molar-refractivity contribution in [3.8, 4) is 5.88 Å². The first kappa shape index (κ1) is 11.8. The minimum Gasteiger partial charge on any atom is -0.481 e. The van der Waals surface area contributed by atoms with E-state index in [1.54, 1.807) is 7.11 Å². The maximum atomic E-state index is 5.63. The Morgan fingerprint density at radius 3 is 2.53 bits per heavy atom. The molecule has 0 spiro atoms. The van der Waals surface area contributed by atoms with E-state index < -0.39 is 0 Å². The van der Waals surface area contributed by atoms with Crippen LogP contribution in [0.1, 0.15) is 37.9 Å². The maximum Gasteiger partial charge on any atom is 0.223 e. The molecule has 84 valence electrons. The molecule has 4 nitrogen and oxygen atoms in total. The van der Waals surface area contributed by atoms with Gasteiger partial charge in [-0.05, 0) is 19.3 Å². The molecule has 0 aliphatic rings. The van der Waals surface area contributed by atoms with E-state index in [2.05, 4.69) is 23.8 Å². The molecule has 0 unspecified atom stereocenters. The van der Waals surface area contributed by atoms with Crippen molar-refractivity contribution >= 4 is 5.95 Å². The van der Waals surface area contributed by atoms with E-state index in [4.69, 9.17) is 10.5 Å². The molecule has 0 aliphatic carbocycles. The molecule has 0 amide bonds. The molecule has 0 aliphatic heterocycles. The van der Waals surface area contributed by atoms with Crippen molar-refractivity contribution < 1.29 is 4.74 Å². The van der Waals surface area contributed by atoms with Crippen LogP contribution in [0.25, 0.3) is 0 Å². The van der Waals surface area contributed by atoms with Crippen molar-refractivity contribution in [3.63, 3.8) is 0 Å². The first-order chi connectivity index (χ1) is 7.22. The van der Waals surface area contributed by atoms with E-state index in [1.807, 2.05) is 0 Å². The Bertz CT molecular complexity index is 326. The van der Waals surface area contributed by atoms with E-state index in [0.717, 1.165) is 36.9 Å². The minimum atomic E-state index is 0.301. The summed E-state index contributed by atoms with van der Waals surface area (Å²) in [5, 5.41) is 0. The second-order valence-corrected chi connectivity index (χ2v) is 3.47. The number of rotatable bonds is 5. The summed E-state index contributed by atoms with van der Waals surface area (Å²) >= 11 is 0. The molecule has 0 aromatic carbocycles. The molecular formula is C11H19N3O. The first-order valence-corrected chi connectivity index (χ1v) is 5.42. The fourth-order valence-corrected chi connectivity index (χ4v) is 1.60. The highest BCUT2D eigenvalue weighted by atomic mass is 16.5. The predicted molar refractivity (Wildman–Crippen MR) is 61.0 cm³/mol. The largest absolute Gasteiger partial charge is 0.481 e. The maximum absolute atomic E-state index is 5.63. The van der Waals surface area contributed by atoms with Gasteiger partial charge in [-0.1, -0.05) is 20.3 Å².